The third-order valence-electron chi connectivity index (χ3n) is 4.72. The Morgan fingerprint density at radius 2 is 1.73 bits per heavy atom. The van der Waals surface area contributed by atoms with Gasteiger partial charge in [0.1, 0.15) is 0 Å². The highest BCUT2D eigenvalue weighted by molar-refractivity contribution is 6.06. The molecule has 4 rings (SSSR count). The molecule has 3 heterocycles. The van der Waals surface area contributed by atoms with Crippen LogP contribution in [0.3, 0.4) is 0 Å². The van der Waals surface area contributed by atoms with Gasteiger partial charge in [0.2, 0.25) is 5.95 Å². The minimum absolute atomic E-state index is 0.0692. The second kappa shape index (κ2) is 6.71. The monoisotopic (exact) mass is 347 g/mol. The zero-order valence-electron chi connectivity index (χ0n) is 15.0. The second-order valence-electron chi connectivity index (χ2n) is 6.66. The Hall–Kier alpha value is -3.02. The maximum Gasteiger partial charge on any atom is 0.254 e. The molecule has 0 atom stereocenters. The van der Waals surface area contributed by atoms with Gasteiger partial charge in [-0.1, -0.05) is 11.6 Å². The van der Waals surface area contributed by atoms with Crippen molar-refractivity contribution in [1.82, 2.24) is 19.9 Å². The number of amides is 1. The number of hydrogen-bond acceptors (Lipinski definition) is 5. The Morgan fingerprint density at radius 3 is 2.46 bits per heavy atom. The van der Waals surface area contributed by atoms with Gasteiger partial charge in [0.05, 0.1) is 11.1 Å². The van der Waals surface area contributed by atoms with Crippen molar-refractivity contribution in [2.45, 2.75) is 13.8 Å². The third kappa shape index (κ3) is 3.10. The SMILES string of the molecule is Cc1ccc2nc(C)cc(C(=O)N3CCN(c4ncccn4)CC3)c2c1. The normalized spacial score (nSPS) is 14.7. The van der Waals surface area contributed by atoms with Crippen molar-refractivity contribution in [1.29, 1.82) is 0 Å². The molecule has 0 radical (unpaired) electrons. The molecule has 6 nitrogen and oxygen atoms in total. The molecule has 1 aromatic carbocycles. The molecule has 0 saturated carbocycles. The number of aryl methyl sites for hydroxylation is 2. The van der Waals surface area contributed by atoms with E-state index in [9.17, 15) is 4.79 Å². The van der Waals surface area contributed by atoms with Gasteiger partial charge in [-0.2, -0.15) is 0 Å². The van der Waals surface area contributed by atoms with Crippen LogP contribution in [0.5, 0.6) is 0 Å². The molecule has 3 aromatic rings. The minimum atomic E-state index is 0.0692. The zero-order valence-corrected chi connectivity index (χ0v) is 15.0. The van der Waals surface area contributed by atoms with Crippen LogP contribution in [-0.4, -0.2) is 51.9 Å². The van der Waals surface area contributed by atoms with E-state index in [0.717, 1.165) is 46.8 Å². The molecule has 0 aliphatic carbocycles. The van der Waals surface area contributed by atoms with Gasteiger partial charge in [-0.3, -0.25) is 9.78 Å². The molecular formula is C20H21N5O. The number of piperazine rings is 1. The fraction of sp³-hybridized carbons (Fsp3) is 0.300. The summed E-state index contributed by atoms with van der Waals surface area (Å²) in [5, 5.41) is 0.925. The first-order valence-corrected chi connectivity index (χ1v) is 8.81. The van der Waals surface area contributed by atoms with E-state index >= 15 is 0 Å². The Morgan fingerprint density at radius 1 is 1.00 bits per heavy atom. The number of nitrogens with zero attached hydrogens (tertiary/aromatic N) is 5. The smallest absolute Gasteiger partial charge is 0.254 e. The molecule has 1 saturated heterocycles. The first-order valence-electron chi connectivity index (χ1n) is 8.81. The Bertz CT molecular complexity index is 949. The van der Waals surface area contributed by atoms with Crippen molar-refractivity contribution in [2.75, 3.05) is 31.1 Å². The van der Waals surface area contributed by atoms with E-state index in [1.165, 1.54) is 0 Å². The average Bonchev–Trinajstić information content (AvgIpc) is 2.68. The van der Waals surface area contributed by atoms with E-state index in [4.69, 9.17) is 0 Å². The highest BCUT2D eigenvalue weighted by Gasteiger charge is 2.24. The average molecular weight is 347 g/mol. The van der Waals surface area contributed by atoms with E-state index in [-0.39, 0.29) is 5.91 Å². The molecule has 0 bridgehead atoms. The second-order valence-corrected chi connectivity index (χ2v) is 6.66. The summed E-state index contributed by atoms with van der Waals surface area (Å²) < 4.78 is 0. The summed E-state index contributed by atoms with van der Waals surface area (Å²) in [5.41, 5.74) is 3.60. The Balaban J connectivity index is 1.57. The van der Waals surface area contributed by atoms with Crippen molar-refractivity contribution < 1.29 is 4.79 Å². The molecular weight excluding hydrogens is 326 g/mol. The molecule has 2 aromatic heterocycles. The lowest BCUT2D eigenvalue weighted by atomic mass is 10.0. The maximum atomic E-state index is 13.2. The number of carbonyl (C=O) groups excluding carboxylic acids is 1. The first kappa shape index (κ1) is 16.4. The summed E-state index contributed by atoms with van der Waals surface area (Å²) >= 11 is 0. The van der Waals surface area contributed by atoms with E-state index in [1.54, 1.807) is 12.4 Å². The van der Waals surface area contributed by atoms with Crippen LogP contribution in [0, 0.1) is 13.8 Å². The fourth-order valence-electron chi connectivity index (χ4n) is 3.38. The predicted molar refractivity (Wildman–Crippen MR) is 101 cm³/mol. The number of anilines is 1. The topological polar surface area (TPSA) is 62.2 Å². The number of benzene rings is 1. The lowest BCUT2D eigenvalue weighted by molar-refractivity contribution is 0.0748. The molecule has 0 spiro atoms. The van der Waals surface area contributed by atoms with Crippen LogP contribution >= 0.6 is 0 Å². The summed E-state index contributed by atoms with van der Waals surface area (Å²) in [5.74, 6) is 0.792. The summed E-state index contributed by atoms with van der Waals surface area (Å²) in [6, 6.07) is 9.77. The summed E-state index contributed by atoms with van der Waals surface area (Å²) in [4.78, 5) is 30.3. The highest BCUT2D eigenvalue weighted by atomic mass is 16.2. The van der Waals surface area contributed by atoms with Gasteiger partial charge in [0.25, 0.3) is 5.91 Å². The van der Waals surface area contributed by atoms with Crippen molar-refractivity contribution >= 4 is 22.8 Å². The van der Waals surface area contributed by atoms with Gasteiger partial charge in [-0.05, 0) is 38.1 Å². The summed E-state index contributed by atoms with van der Waals surface area (Å²) in [7, 11) is 0. The van der Waals surface area contributed by atoms with Gasteiger partial charge in [-0.15, -0.1) is 0 Å². The largest absolute Gasteiger partial charge is 0.337 e. The van der Waals surface area contributed by atoms with Crippen LogP contribution in [0.1, 0.15) is 21.6 Å². The molecule has 1 amide bonds. The van der Waals surface area contributed by atoms with Gasteiger partial charge >= 0.3 is 0 Å². The zero-order chi connectivity index (χ0) is 18.1. The molecule has 1 aliphatic rings. The number of hydrogen-bond donors (Lipinski definition) is 0. The van der Waals surface area contributed by atoms with Gasteiger partial charge in [0.15, 0.2) is 0 Å². The number of pyridine rings is 1. The van der Waals surface area contributed by atoms with Crippen LogP contribution in [0.25, 0.3) is 10.9 Å². The van der Waals surface area contributed by atoms with Crippen LogP contribution in [0.15, 0.2) is 42.7 Å². The lowest BCUT2D eigenvalue weighted by Gasteiger charge is -2.34. The van der Waals surface area contributed by atoms with Crippen LogP contribution in [0.2, 0.25) is 0 Å². The number of carbonyl (C=O) groups is 1. The Kier molecular flexibility index (Phi) is 4.24. The molecule has 1 fully saturated rings. The quantitative estimate of drug-likeness (QED) is 0.713. The summed E-state index contributed by atoms with van der Waals surface area (Å²) in [6.45, 7) is 6.75. The molecule has 0 unspecified atom stereocenters. The fourth-order valence-corrected chi connectivity index (χ4v) is 3.38. The molecule has 0 N–H and O–H groups in total. The summed E-state index contributed by atoms with van der Waals surface area (Å²) in [6.07, 6.45) is 3.49. The van der Waals surface area contributed by atoms with Crippen molar-refractivity contribution in [3.8, 4) is 0 Å². The van der Waals surface area contributed by atoms with Crippen molar-refractivity contribution in [3.63, 3.8) is 0 Å². The molecule has 1 aliphatic heterocycles. The van der Waals surface area contributed by atoms with Crippen LogP contribution < -0.4 is 4.90 Å². The standard InChI is InChI=1S/C20H21N5O/c1-14-4-5-18-16(12-14)17(13-15(2)23-18)19(26)24-8-10-25(11-9-24)20-21-6-3-7-22-20/h3-7,12-13H,8-11H2,1-2H3. The van der Waals surface area contributed by atoms with Crippen molar-refractivity contribution in [3.05, 3.63) is 59.5 Å². The predicted octanol–water partition coefficient (Wildman–Crippen LogP) is 2.60. The van der Waals surface area contributed by atoms with Gasteiger partial charge in [0, 0.05) is 49.7 Å². The third-order valence-corrected chi connectivity index (χ3v) is 4.72. The first-order chi connectivity index (χ1) is 12.6. The number of aromatic nitrogens is 3. The van der Waals surface area contributed by atoms with Crippen molar-refractivity contribution in [2.24, 2.45) is 0 Å². The van der Waals surface area contributed by atoms with E-state index in [1.807, 2.05) is 49.1 Å². The number of rotatable bonds is 2. The molecule has 6 heteroatoms. The van der Waals surface area contributed by atoms with Gasteiger partial charge < -0.3 is 9.80 Å². The van der Waals surface area contributed by atoms with Crippen LogP contribution in [0.4, 0.5) is 5.95 Å². The van der Waals surface area contributed by atoms with E-state index in [2.05, 4.69) is 19.9 Å². The molecule has 132 valence electrons. The van der Waals surface area contributed by atoms with Gasteiger partial charge in [-0.25, -0.2) is 9.97 Å². The van der Waals surface area contributed by atoms with Crippen LogP contribution in [-0.2, 0) is 0 Å². The number of fused-ring (bicyclic) bond motifs is 1. The minimum Gasteiger partial charge on any atom is -0.337 e. The lowest BCUT2D eigenvalue weighted by Crippen LogP contribution is -2.49. The molecule has 26 heavy (non-hydrogen) atoms. The van der Waals surface area contributed by atoms with E-state index < -0.39 is 0 Å². The Labute approximate surface area is 152 Å². The highest BCUT2D eigenvalue weighted by Crippen LogP contribution is 2.22. The maximum absolute atomic E-state index is 13.2. The van der Waals surface area contributed by atoms with E-state index in [0.29, 0.717) is 13.1 Å².